The summed E-state index contributed by atoms with van der Waals surface area (Å²) in [5, 5.41) is 10.4. The smallest absolute Gasteiger partial charge is 0.337 e. The van der Waals surface area contributed by atoms with Gasteiger partial charge < -0.3 is 15.4 Å². The van der Waals surface area contributed by atoms with E-state index in [2.05, 4.69) is 10.6 Å². The molecule has 2 heterocycles. The number of esters is 1. The molecule has 6 heteroatoms. The molecule has 0 radical (unpaired) electrons. The molecule has 1 aromatic heterocycles. The minimum Gasteiger partial charge on any atom is -0.458 e. The van der Waals surface area contributed by atoms with Crippen LogP contribution < -0.4 is 10.6 Å². The number of ether oxygens (including phenoxy) is 1. The van der Waals surface area contributed by atoms with Crippen molar-refractivity contribution >= 4 is 40.7 Å². The Hall–Kier alpha value is -1.66. The lowest BCUT2D eigenvalue weighted by atomic mass is 10.2. The maximum absolute atomic E-state index is 11.8. The molecule has 0 fully saturated rings. The van der Waals surface area contributed by atoms with Gasteiger partial charge in [0.05, 0.1) is 12.1 Å². The highest BCUT2D eigenvalue weighted by Crippen LogP contribution is 2.09. The van der Waals surface area contributed by atoms with Gasteiger partial charge in [-0.05, 0) is 47.6 Å². The fourth-order valence-electron chi connectivity index (χ4n) is 1.58. The predicted octanol–water partition coefficient (Wildman–Crippen LogP) is 2.06. The first-order valence-corrected chi connectivity index (χ1v) is 7.12. The summed E-state index contributed by atoms with van der Waals surface area (Å²) in [4.78, 5) is 11.8. The second-order valence-electron chi connectivity index (χ2n) is 3.97. The van der Waals surface area contributed by atoms with E-state index < -0.39 is 0 Å². The van der Waals surface area contributed by atoms with Crippen LogP contribution in [0.1, 0.15) is 12.5 Å². The van der Waals surface area contributed by atoms with E-state index in [9.17, 15) is 4.79 Å². The molecule has 4 nitrogen and oxygen atoms in total. The van der Waals surface area contributed by atoms with Crippen molar-refractivity contribution in [1.29, 1.82) is 0 Å². The quantitative estimate of drug-likeness (QED) is 0.657. The van der Waals surface area contributed by atoms with Crippen molar-refractivity contribution in [2.45, 2.75) is 6.92 Å². The third kappa shape index (κ3) is 3.90. The van der Waals surface area contributed by atoms with Crippen LogP contribution in [0.5, 0.6) is 0 Å². The summed E-state index contributed by atoms with van der Waals surface area (Å²) >= 11 is 6.59. The van der Waals surface area contributed by atoms with Crippen molar-refractivity contribution in [3.63, 3.8) is 0 Å². The zero-order chi connectivity index (χ0) is 13.7. The Kier molecular flexibility index (Phi) is 4.70. The van der Waals surface area contributed by atoms with Gasteiger partial charge >= 0.3 is 5.97 Å². The summed E-state index contributed by atoms with van der Waals surface area (Å²) in [6, 6.07) is 2.01. The van der Waals surface area contributed by atoms with Crippen LogP contribution in [0.15, 0.2) is 34.2 Å². The van der Waals surface area contributed by atoms with E-state index in [0.29, 0.717) is 17.2 Å². The van der Waals surface area contributed by atoms with Crippen molar-refractivity contribution < 1.29 is 9.53 Å². The first kappa shape index (κ1) is 13.8. The molecule has 2 N–H and O–H groups in total. The van der Waals surface area contributed by atoms with Gasteiger partial charge in [-0.3, -0.25) is 0 Å². The van der Waals surface area contributed by atoms with E-state index in [1.165, 1.54) is 0 Å². The number of thiophene rings is 1. The number of rotatable bonds is 4. The molecule has 0 amide bonds. The van der Waals surface area contributed by atoms with Gasteiger partial charge in [-0.1, -0.05) is 6.08 Å². The predicted molar refractivity (Wildman–Crippen MR) is 80.7 cm³/mol. The van der Waals surface area contributed by atoms with Crippen molar-refractivity contribution in [2.75, 3.05) is 13.2 Å². The van der Waals surface area contributed by atoms with Crippen molar-refractivity contribution in [3.8, 4) is 0 Å². The highest BCUT2D eigenvalue weighted by molar-refractivity contribution is 7.80. The summed E-state index contributed by atoms with van der Waals surface area (Å²) < 4.78 is 5.18. The summed E-state index contributed by atoms with van der Waals surface area (Å²) in [5.41, 5.74) is 2.44. The van der Waals surface area contributed by atoms with Gasteiger partial charge in [-0.25, -0.2) is 4.79 Å². The molecule has 0 atom stereocenters. The van der Waals surface area contributed by atoms with E-state index in [-0.39, 0.29) is 12.6 Å². The van der Waals surface area contributed by atoms with Crippen LogP contribution in [-0.2, 0) is 9.53 Å². The minimum atomic E-state index is -0.324. The van der Waals surface area contributed by atoms with Crippen molar-refractivity contribution in [3.05, 3.63) is 39.7 Å². The number of hydrogen-bond donors (Lipinski definition) is 2. The molecule has 1 aliphatic heterocycles. The van der Waals surface area contributed by atoms with E-state index in [4.69, 9.17) is 17.0 Å². The summed E-state index contributed by atoms with van der Waals surface area (Å²) in [6.07, 6.45) is 3.75. The molecule has 19 heavy (non-hydrogen) atoms. The number of nitrogens with one attached hydrogen (secondary N) is 2. The first-order chi connectivity index (χ1) is 9.16. The Morgan fingerprint density at radius 1 is 1.63 bits per heavy atom. The SMILES string of the molecule is CC1=C(C(=O)OC/C=C/c2ccsc2)CNC(=S)N1. The van der Waals surface area contributed by atoms with Gasteiger partial charge in [0.1, 0.15) is 6.61 Å². The second-order valence-corrected chi connectivity index (χ2v) is 5.16. The van der Waals surface area contributed by atoms with Gasteiger partial charge in [0.25, 0.3) is 0 Å². The molecule has 2 rings (SSSR count). The monoisotopic (exact) mass is 294 g/mol. The number of thiocarbonyl (C=S) groups is 1. The Labute approximate surface area is 121 Å². The summed E-state index contributed by atoms with van der Waals surface area (Å²) in [7, 11) is 0. The molecular formula is C13H14N2O2S2. The molecular weight excluding hydrogens is 280 g/mol. The van der Waals surface area contributed by atoms with Crippen molar-refractivity contribution in [2.24, 2.45) is 0 Å². The topological polar surface area (TPSA) is 50.4 Å². The van der Waals surface area contributed by atoms with Gasteiger partial charge in [-0.2, -0.15) is 11.3 Å². The van der Waals surface area contributed by atoms with E-state index in [1.54, 1.807) is 11.3 Å². The fraction of sp³-hybridized carbons (Fsp3) is 0.231. The van der Waals surface area contributed by atoms with Crippen LogP contribution in [0.25, 0.3) is 6.08 Å². The molecule has 1 aromatic rings. The molecule has 0 aliphatic carbocycles. The van der Waals surface area contributed by atoms with Gasteiger partial charge in [-0.15, -0.1) is 0 Å². The fourth-order valence-corrected chi connectivity index (χ4v) is 2.44. The van der Waals surface area contributed by atoms with Crippen LogP contribution >= 0.6 is 23.6 Å². The normalized spacial score (nSPS) is 15.3. The Balaban J connectivity index is 1.85. The number of carbonyl (C=O) groups excluding carboxylic acids is 1. The standard InChI is InChI=1S/C13H14N2O2S2/c1-9-11(7-14-13(18)15-9)12(16)17-5-2-3-10-4-6-19-8-10/h2-4,6,8H,5,7H2,1H3,(H2,14,15,18)/b3-2+. The van der Waals surface area contributed by atoms with Gasteiger partial charge in [0.15, 0.2) is 5.11 Å². The maximum atomic E-state index is 11.8. The lowest BCUT2D eigenvalue weighted by molar-refractivity contribution is -0.137. The lowest BCUT2D eigenvalue weighted by Gasteiger charge is -2.20. The van der Waals surface area contributed by atoms with E-state index in [1.807, 2.05) is 35.9 Å². The average molecular weight is 294 g/mol. The zero-order valence-electron chi connectivity index (χ0n) is 10.4. The van der Waals surface area contributed by atoms with E-state index >= 15 is 0 Å². The Morgan fingerprint density at radius 2 is 2.47 bits per heavy atom. The summed E-state index contributed by atoms with van der Waals surface area (Å²) in [6.45, 7) is 2.48. The third-order valence-electron chi connectivity index (χ3n) is 2.59. The third-order valence-corrected chi connectivity index (χ3v) is 3.54. The maximum Gasteiger partial charge on any atom is 0.337 e. The minimum absolute atomic E-state index is 0.260. The molecule has 1 aliphatic rings. The average Bonchev–Trinajstić information content (AvgIpc) is 2.87. The van der Waals surface area contributed by atoms with E-state index in [0.717, 1.165) is 11.3 Å². The first-order valence-electron chi connectivity index (χ1n) is 5.77. The number of carbonyl (C=O) groups is 1. The Morgan fingerprint density at radius 3 is 3.16 bits per heavy atom. The molecule has 100 valence electrons. The molecule has 0 unspecified atom stereocenters. The molecule has 0 saturated heterocycles. The Bertz CT molecular complexity index is 533. The highest BCUT2D eigenvalue weighted by atomic mass is 32.1. The van der Waals surface area contributed by atoms with Crippen LogP contribution in [0.3, 0.4) is 0 Å². The van der Waals surface area contributed by atoms with Gasteiger partial charge in [0.2, 0.25) is 0 Å². The van der Waals surface area contributed by atoms with Crippen LogP contribution in [0.4, 0.5) is 0 Å². The number of allylic oxidation sites excluding steroid dienone is 1. The number of hydrogen-bond acceptors (Lipinski definition) is 4. The van der Waals surface area contributed by atoms with Crippen LogP contribution in [-0.4, -0.2) is 24.2 Å². The second kappa shape index (κ2) is 6.49. The van der Waals surface area contributed by atoms with Gasteiger partial charge in [0, 0.05) is 5.70 Å². The largest absolute Gasteiger partial charge is 0.458 e. The molecule has 0 spiro atoms. The molecule has 0 bridgehead atoms. The van der Waals surface area contributed by atoms with Crippen molar-refractivity contribution in [1.82, 2.24) is 10.6 Å². The lowest BCUT2D eigenvalue weighted by Crippen LogP contribution is -2.42. The van der Waals surface area contributed by atoms with Crippen LogP contribution in [0, 0.1) is 0 Å². The van der Waals surface area contributed by atoms with Crippen LogP contribution in [0.2, 0.25) is 0 Å². The molecule has 0 aromatic carbocycles. The zero-order valence-corrected chi connectivity index (χ0v) is 12.1. The molecule has 0 saturated carbocycles. The summed E-state index contributed by atoms with van der Waals surface area (Å²) in [5.74, 6) is -0.324. The highest BCUT2D eigenvalue weighted by Gasteiger charge is 2.18.